The van der Waals surface area contributed by atoms with E-state index in [1.807, 2.05) is 31.3 Å². The predicted molar refractivity (Wildman–Crippen MR) is 69.5 cm³/mol. The Kier molecular flexibility index (Phi) is 2.30. The van der Waals surface area contributed by atoms with E-state index in [0.29, 0.717) is 5.69 Å². The topological polar surface area (TPSA) is 45.8 Å². The number of aromatic amines is 1. The van der Waals surface area contributed by atoms with Gasteiger partial charge in [-0.15, -0.1) is 11.3 Å². The lowest BCUT2D eigenvalue weighted by Gasteiger charge is -1.92. The van der Waals surface area contributed by atoms with E-state index in [2.05, 4.69) is 16.0 Å². The molecule has 0 aliphatic heterocycles. The van der Waals surface area contributed by atoms with Crippen LogP contribution in [0.25, 0.3) is 21.5 Å². The Balaban J connectivity index is 2.23. The number of rotatable bonds is 2. The second-order valence-electron chi connectivity index (χ2n) is 3.83. The van der Waals surface area contributed by atoms with Crippen molar-refractivity contribution in [2.24, 2.45) is 0 Å². The van der Waals surface area contributed by atoms with Gasteiger partial charge in [0, 0.05) is 27.5 Å². The molecule has 17 heavy (non-hydrogen) atoms. The van der Waals surface area contributed by atoms with Crippen molar-refractivity contribution in [2.45, 2.75) is 6.92 Å². The van der Waals surface area contributed by atoms with Gasteiger partial charge in [0.2, 0.25) is 0 Å². The maximum absolute atomic E-state index is 10.8. The number of carbonyl (C=O) groups is 1. The van der Waals surface area contributed by atoms with Crippen LogP contribution in [0, 0.1) is 6.92 Å². The lowest BCUT2D eigenvalue weighted by atomic mass is 10.2. The highest BCUT2D eigenvalue weighted by Gasteiger charge is 2.12. The molecule has 0 spiro atoms. The molecule has 0 unspecified atom stereocenters. The largest absolute Gasteiger partial charge is 0.360 e. The van der Waals surface area contributed by atoms with E-state index in [9.17, 15) is 4.79 Å². The van der Waals surface area contributed by atoms with E-state index >= 15 is 0 Å². The van der Waals surface area contributed by atoms with E-state index < -0.39 is 0 Å². The second-order valence-corrected chi connectivity index (χ2v) is 5.03. The first kappa shape index (κ1) is 10.2. The smallest absolute Gasteiger partial charge is 0.169 e. The molecule has 0 aliphatic rings. The minimum atomic E-state index is 0.537. The Morgan fingerprint density at radius 1 is 1.35 bits per heavy atom. The highest BCUT2D eigenvalue weighted by molar-refractivity contribution is 7.15. The number of nitrogens with zero attached hydrogens (tertiary/aromatic N) is 1. The molecule has 0 atom stereocenters. The summed E-state index contributed by atoms with van der Waals surface area (Å²) in [4.78, 5) is 19.3. The molecular formula is C13H10N2OS. The van der Waals surface area contributed by atoms with Gasteiger partial charge in [-0.2, -0.15) is 0 Å². The average Bonchev–Trinajstić information content (AvgIpc) is 2.92. The summed E-state index contributed by atoms with van der Waals surface area (Å²) in [6, 6.07) is 8.08. The number of aldehydes is 1. The average molecular weight is 242 g/mol. The molecule has 0 bridgehead atoms. The van der Waals surface area contributed by atoms with Crippen LogP contribution in [0.15, 0.2) is 30.5 Å². The molecule has 1 aromatic carbocycles. The van der Waals surface area contributed by atoms with Crippen LogP contribution < -0.4 is 0 Å². The summed E-state index contributed by atoms with van der Waals surface area (Å²) in [6.07, 6.45) is 2.75. The first-order valence-corrected chi connectivity index (χ1v) is 6.10. The summed E-state index contributed by atoms with van der Waals surface area (Å²) in [5.41, 5.74) is 2.68. The molecule has 3 rings (SSSR count). The van der Waals surface area contributed by atoms with Gasteiger partial charge in [-0.3, -0.25) is 4.79 Å². The monoisotopic (exact) mass is 242 g/mol. The van der Waals surface area contributed by atoms with Crippen molar-refractivity contribution in [3.05, 3.63) is 41.0 Å². The van der Waals surface area contributed by atoms with Gasteiger partial charge in [0.1, 0.15) is 10.7 Å². The molecule has 0 saturated heterocycles. The number of hydrogen-bond donors (Lipinski definition) is 1. The van der Waals surface area contributed by atoms with Crippen molar-refractivity contribution >= 4 is 28.5 Å². The van der Waals surface area contributed by atoms with Crippen LogP contribution in [0.2, 0.25) is 0 Å². The van der Waals surface area contributed by atoms with Crippen LogP contribution in [-0.2, 0) is 0 Å². The zero-order valence-electron chi connectivity index (χ0n) is 9.23. The van der Waals surface area contributed by atoms with Gasteiger partial charge in [0.25, 0.3) is 0 Å². The van der Waals surface area contributed by atoms with Gasteiger partial charge in [-0.1, -0.05) is 18.2 Å². The van der Waals surface area contributed by atoms with Gasteiger partial charge in [0.15, 0.2) is 6.29 Å². The number of fused-ring (bicyclic) bond motifs is 1. The maximum atomic E-state index is 10.8. The van der Waals surface area contributed by atoms with Crippen molar-refractivity contribution in [2.75, 3.05) is 0 Å². The molecular weight excluding hydrogens is 232 g/mol. The lowest BCUT2D eigenvalue weighted by molar-refractivity contribution is 0.111. The van der Waals surface area contributed by atoms with Crippen LogP contribution in [0.4, 0.5) is 0 Å². The van der Waals surface area contributed by atoms with Gasteiger partial charge >= 0.3 is 0 Å². The van der Waals surface area contributed by atoms with Crippen LogP contribution in [0.1, 0.15) is 15.4 Å². The van der Waals surface area contributed by atoms with Gasteiger partial charge in [-0.05, 0) is 13.0 Å². The van der Waals surface area contributed by atoms with Gasteiger partial charge in [0.05, 0.1) is 0 Å². The van der Waals surface area contributed by atoms with E-state index in [-0.39, 0.29) is 0 Å². The standard InChI is InChI=1S/C13H10N2OS/c1-8-12(7-16)15-13(17-8)10-6-14-11-5-3-2-4-9(10)11/h2-7,14H,1H3. The molecule has 1 N–H and O–H groups in total. The molecule has 2 heterocycles. The number of aromatic nitrogens is 2. The van der Waals surface area contributed by atoms with Crippen molar-refractivity contribution < 1.29 is 4.79 Å². The zero-order valence-corrected chi connectivity index (χ0v) is 10.0. The van der Waals surface area contributed by atoms with Crippen molar-refractivity contribution in [1.29, 1.82) is 0 Å². The predicted octanol–water partition coefficient (Wildman–Crippen LogP) is 3.41. The number of para-hydroxylation sites is 1. The third-order valence-corrected chi connectivity index (χ3v) is 3.78. The number of thiazole rings is 1. The van der Waals surface area contributed by atoms with Crippen LogP contribution in [-0.4, -0.2) is 16.3 Å². The summed E-state index contributed by atoms with van der Waals surface area (Å²) >= 11 is 1.55. The molecule has 84 valence electrons. The number of benzene rings is 1. The fourth-order valence-corrected chi connectivity index (χ4v) is 2.79. The number of hydrogen-bond acceptors (Lipinski definition) is 3. The van der Waals surface area contributed by atoms with E-state index in [1.165, 1.54) is 0 Å². The van der Waals surface area contributed by atoms with Crippen LogP contribution >= 0.6 is 11.3 Å². The minimum Gasteiger partial charge on any atom is -0.360 e. The quantitative estimate of drug-likeness (QED) is 0.700. The number of nitrogens with one attached hydrogen (secondary N) is 1. The SMILES string of the molecule is Cc1sc(-c2c[nH]c3ccccc23)nc1C=O. The Hall–Kier alpha value is -1.94. The fraction of sp³-hybridized carbons (Fsp3) is 0.0769. The maximum Gasteiger partial charge on any atom is 0.169 e. The molecule has 0 amide bonds. The van der Waals surface area contributed by atoms with E-state index in [4.69, 9.17) is 0 Å². The third-order valence-electron chi connectivity index (χ3n) is 2.76. The van der Waals surface area contributed by atoms with E-state index in [1.54, 1.807) is 11.3 Å². The summed E-state index contributed by atoms with van der Waals surface area (Å²) in [5, 5.41) is 2.03. The van der Waals surface area contributed by atoms with Crippen molar-refractivity contribution in [3.63, 3.8) is 0 Å². The van der Waals surface area contributed by atoms with Crippen molar-refractivity contribution in [1.82, 2.24) is 9.97 Å². The third kappa shape index (κ3) is 1.57. The zero-order chi connectivity index (χ0) is 11.8. The first-order valence-electron chi connectivity index (χ1n) is 5.28. The molecule has 0 aliphatic carbocycles. The molecule has 3 aromatic rings. The van der Waals surface area contributed by atoms with Crippen LogP contribution in [0.5, 0.6) is 0 Å². The number of H-pyrrole nitrogens is 1. The van der Waals surface area contributed by atoms with Crippen LogP contribution in [0.3, 0.4) is 0 Å². The molecule has 4 heteroatoms. The van der Waals surface area contributed by atoms with Gasteiger partial charge in [-0.25, -0.2) is 4.98 Å². The fourth-order valence-electron chi connectivity index (χ4n) is 1.88. The van der Waals surface area contributed by atoms with E-state index in [0.717, 1.165) is 32.6 Å². The molecule has 0 fully saturated rings. The Labute approximate surface area is 102 Å². The summed E-state index contributed by atoms with van der Waals surface area (Å²) in [7, 11) is 0. The summed E-state index contributed by atoms with van der Waals surface area (Å²) in [6.45, 7) is 1.92. The normalized spacial score (nSPS) is 10.9. The Bertz CT molecular complexity index is 696. The number of carbonyl (C=O) groups excluding carboxylic acids is 1. The Morgan fingerprint density at radius 2 is 2.18 bits per heavy atom. The molecule has 2 aromatic heterocycles. The molecule has 0 saturated carbocycles. The lowest BCUT2D eigenvalue weighted by Crippen LogP contribution is -1.81. The summed E-state index contributed by atoms with van der Waals surface area (Å²) in [5.74, 6) is 0. The first-order chi connectivity index (χ1) is 8.29. The highest BCUT2D eigenvalue weighted by Crippen LogP contribution is 2.32. The van der Waals surface area contributed by atoms with Crippen molar-refractivity contribution in [3.8, 4) is 10.6 Å². The second kappa shape index (κ2) is 3.82. The highest BCUT2D eigenvalue weighted by atomic mass is 32.1. The molecule has 3 nitrogen and oxygen atoms in total. The summed E-state index contributed by atoms with van der Waals surface area (Å²) < 4.78 is 0. The minimum absolute atomic E-state index is 0.537. The number of aryl methyl sites for hydroxylation is 1. The molecule has 0 radical (unpaired) electrons. The Morgan fingerprint density at radius 3 is 2.94 bits per heavy atom. The van der Waals surface area contributed by atoms with Gasteiger partial charge < -0.3 is 4.98 Å².